The second-order valence-corrected chi connectivity index (χ2v) is 21.6. The predicted octanol–water partition coefficient (Wildman–Crippen LogP) is 1.65. The van der Waals surface area contributed by atoms with Crippen LogP contribution in [0.4, 0.5) is 17.3 Å². The van der Waals surface area contributed by atoms with E-state index in [9.17, 15) is 85.0 Å². The molecule has 1 aliphatic carbocycles. The highest BCUT2D eigenvalue weighted by Crippen LogP contribution is 2.46. The minimum Gasteiger partial charge on any atom is -0.494 e. The number of nitrogen functional groups attached to an aromatic ring is 2. The largest absolute Gasteiger partial charge is 0.494 e. The lowest BCUT2D eigenvalue weighted by Gasteiger charge is -2.20. The smallest absolute Gasteiger partial charge is 0.336 e. The van der Waals surface area contributed by atoms with E-state index in [1.54, 1.807) is 0 Å². The van der Waals surface area contributed by atoms with E-state index in [1.165, 1.54) is 36.5 Å². The Balaban J connectivity index is 0.872. The fourth-order valence-electron chi connectivity index (χ4n) is 8.46. The molecule has 0 fully saturated rings. The first-order chi connectivity index (χ1) is 39.1. The molecule has 432 valence electrons. The summed E-state index contributed by atoms with van der Waals surface area (Å²) >= 11 is 0.691. The molecule has 3 aromatic carbocycles. The number of aromatic hydroxyl groups is 2. The van der Waals surface area contributed by atoms with Crippen LogP contribution in [0.15, 0.2) is 103 Å². The number of hydrogen-bond acceptors (Lipinski definition) is 22. The van der Waals surface area contributed by atoms with Crippen LogP contribution in [0, 0.1) is 5.41 Å². The SMILES string of the molecule is N=c1ccc2c(-c3ccc(C(=O)NCCn4c(O)cc(SCC(NC(=O)CCC(NC(=O)c5ccc(NCc6cnc7nc(N)[nH]c(=O)c7n6)cc5)C(=O)O)C(=O)O)c4O)cc3C(=O)O)c3ccc(N)c(S(=O)(=O)O)c3oc-2c1S(=O)(=O)O. The molecule has 2 aliphatic rings. The number of aromatic amines is 1. The lowest BCUT2D eigenvalue weighted by atomic mass is 9.89. The van der Waals surface area contributed by atoms with Gasteiger partial charge in [0.1, 0.15) is 12.1 Å². The molecule has 6 aromatic rings. The number of carboxylic acid groups (broad SMARTS) is 3. The van der Waals surface area contributed by atoms with Crippen LogP contribution < -0.4 is 43.7 Å². The van der Waals surface area contributed by atoms with Gasteiger partial charge in [-0.3, -0.25) is 43.2 Å². The number of nitrogens with zero attached hydrogens (tertiary/aromatic N) is 4. The second-order valence-electron chi connectivity index (χ2n) is 17.9. The van der Waals surface area contributed by atoms with Crippen LogP contribution in [-0.2, 0) is 47.7 Å². The fraction of sp³-hybridized carbons (Fsp3) is 0.163. The summed E-state index contributed by atoms with van der Waals surface area (Å²) in [5, 5.41) is 69.0. The number of carboxylic acids is 3. The Labute approximate surface area is 468 Å². The van der Waals surface area contributed by atoms with Crippen LogP contribution in [0.25, 0.3) is 44.6 Å². The number of amides is 3. The Morgan fingerprint density at radius 3 is 2.14 bits per heavy atom. The molecule has 2 atom stereocenters. The Kier molecular flexibility index (Phi) is 16.7. The lowest BCUT2D eigenvalue weighted by Crippen LogP contribution is -2.44. The summed E-state index contributed by atoms with van der Waals surface area (Å²) in [6.07, 6.45) is 0.378. The van der Waals surface area contributed by atoms with Crippen molar-refractivity contribution in [3.05, 3.63) is 117 Å². The van der Waals surface area contributed by atoms with Gasteiger partial charge in [-0.05, 0) is 72.6 Å². The van der Waals surface area contributed by atoms with Gasteiger partial charge < -0.3 is 62.7 Å². The number of rotatable bonds is 22. The highest BCUT2D eigenvalue weighted by molar-refractivity contribution is 7.99. The average Bonchev–Trinajstić information content (AvgIpc) is 1.59. The molecule has 0 saturated heterocycles. The van der Waals surface area contributed by atoms with Crippen molar-refractivity contribution in [1.82, 2.24) is 40.5 Å². The second kappa shape index (κ2) is 23.5. The molecule has 3 aromatic heterocycles. The molecule has 8 rings (SSSR count). The van der Waals surface area contributed by atoms with Crippen LogP contribution in [0.3, 0.4) is 0 Å². The zero-order chi connectivity index (χ0) is 60.4. The van der Waals surface area contributed by atoms with E-state index in [4.69, 9.17) is 21.3 Å². The van der Waals surface area contributed by atoms with Gasteiger partial charge in [-0.15, -0.1) is 11.8 Å². The van der Waals surface area contributed by atoms with Crippen LogP contribution in [-0.4, -0.2) is 136 Å². The zero-order valence-electron chi connectivity index (χ0n) is 42.1. The maximum Gasteiger partial charge on any atom is 0.336 e. The van der Waals surface area contributed by atoms with Gasteiger partial charge in [0.05, 0.1) is 39.9 Å². The molecule has 4 heterocycles. The normalized spacial score (nSPS) is 12.4. The predicted molar refractivity (Wildman–Crippen MR) is 290 cm³/mol. The zero-order valence-corrected chi connectivity index (χ0v) is 44.6. The van der Waals surface area contributed by atoms with Gasteiger partial charge in [0.2, 0.25) is 17.7 Å². The third-order valence-electron chi connectivity index (χ3n) is 12.3. The number of thioether (sulfide) groups is 1. The van der Waals surface area contributed by atoms with Crippen LogP contribution in [0.2, 0.25) is 0 Å². The van der Waals surface area contributed by atoms with E-state index in [1.807, 2.05) is 0 Å². The summed E-state index contributed by atoms with van der Waals surface area (Å²) in [5.74, 6) is -9.80. The lowest BCUT2D eigenvalue weighted by molar-refractivity contribution is -0.142. The Morgan fingerprint density at radius 2 is 1.48 bits per heavy atom. The Bertz CT molecular complexity index is 4320. The maximum absolute atomic E-state index is 13.5. The molecule has 17 N–H and O–H groups in total. The van der Waals surface area contributed by atoms with Gasteiger partial charge in [0.25, 0.3) is 37.6 Å². The molecule has 0 radical (unpaired) electrons. The summed E-state index contributed by atoms with van der Waals surface area (Å²) in [6.45, 7) is -0.559. The van der Waals surface area contributed by atoms with Crippen molar-refractivity contribution >= 4 is 107 Å². The summed E-state index contributed by atoms with van der Waals surface area (Å²) in [6, 6.07) is 11.1. The molecule has 0 bridgehead atoms. The number of hydrogen-bond donors (Lipinski definition) is 15. The summed E-state index contributed by atoms with van der Waals surface area (Å²) in [5.41, 5.74) is 8.76. The third-order valence-corrected chi connectivity index (χ3v) is 15.3. The number of H-pyrrole nitrogens is 1. The topological polar surface area (TPSA) is 526 Å². The average molecular weight is 1200 g/mol. The van der Waals surface area contributed by atoms with Crippen molar-refractivity contribution in [2.24, 2.45) is 0 Å². The maximum atomic E-state index is 13.5. The van der Waals surface area contributed by atoms with Crippen molar-refractivity contribution in [2.45, 2.75) is 52.7 Å². The van der Waals surface area contributed by atoms with Gasteiger partial charge in [0, 0.05) is 64.7 Å². The van der Waals surface area contributed by atoms with Gasteiger partial charge in [0.15, 0.2) is 38.2 Å². The van der Waals surface area contributed by atoms with Crippen molar-refractivity contribution in [1.29, 1.82) is 5.41 Å². The van der Waals surface area contributed by atoms with E-state index in [0.717, 1.165) is 47.0 Å². The number of aliphatic carboxylic acids is 2. The van der Waals surface area contributed by atoms with E-state index in [-0.39, 0.29) is 74.8 Å². The van der Waals surface area contributed by atoms with Gasteiger partial charge in [-0.25, -0.2) is 24.4 Å². The van der Waals surface area contributed by atoms with Crippen LogP contribution >= 0.6 is 11.8 Å². The molecule has 0 saturated carbocycles. The molecule has 0 spiro atoms. The van der Waals surface area contributed by atoms with E-state index in [2.05, 4.69) is 41.2 Å². The van der Waals surface area contributed by atoms with Crippen LogP contribution in [0.5, 0.6) is 11.8 Å². The van der Waals surface area contributed by atoms with Gasteiger partial charge in [-0.2, -0.15) is 21.8 Å². The van der Waals surface area contributed by atoms with E-state index in [0.29, 0.717) is 23.1 Å². The first kappa shape index (κ1) is 59.0. The number of benzene rings is 4. The number of anilines is 3. The third kappa shape index (κ3) is 12.9. The van der Waals surface area contributed by atoms with E-state index < -0.39 is 142 Å². The number of aromatic carboxylic acids is 1. The molecule has 1 aliphatic heterocycles. The quantitative estimate of drug-likeness (QED) is 0.0198. The number of carbonyl (C=O) groups is 6. The van der Waals surface area contributed by atoms with Gasteiger partial charge in [-0.1, -0.05) is 6.07 Å². The molecule has 31 nitrogen and oxygen atoms in total. The molecular weight excluding hydrogens is 1160 g/mol. The van der Waals surface area contributed by atoms with Crippen molar-refractivity contribution in [3.63, 3.8) is 0 Å². The minimum atomic E-state index is -5.30. The van der Waals surface area contributed by atoms with Crippen LogP contribution in [0.1, 0.15) is 49.6 Å². The number of fused-ring (bicyclic) bond motifs is 3. The monoisotopic (exact) mass is 1200 g/mol. The molecule has 2 unspecified atom stereocenters. The fourth-order valence-corrected chi connectivity index (χ4v) is 10.9. The van der Waals surface area contributed by atoms with Crippen molar-refractivity contribution in [3.8, 4) is 34.2 Å². The molecule has 83 heavy (non-hydrogen) atoms. The number of nitrogens with one attached hydrogen (secondary N) is 6. The highest BCUT2D eigenvalue weighted by Gasteiger charge is 2.33. The van der Waals surface area contributed by atoms with Crippen molar-refractivity contribution < 1.29 is 84.7 Å². The first-order valence-corrected chi connectivity index (χ1v) is 27.6. The highest BCUT2D eigenvalue weighted by atomic mass is 32.2. The summed E-state index contributed by atoms with van der Waals surface area (Å²) in [4.78, 5) is 101. The Morgan fingerprint density at radius 1 is 0.807 bits per heavy atom. The Hall–Kier alpha value is -10.2. The van der Waals surface area contributed by atoms with E-state index >= 15 is 0 Å². The molecule has 3 amide bonds. The summed E-state index contributed by atoms with van der Waals surface area (Å²) in [7, 11) is -10.5. The standard InChI is InChI=1S/C49H44N12O19S3/c50-28-9-7-25-35(26-8-10-29(51)40(83(77,78)79)38(26)80-37(25)39(28)82(74,75)76)24-6-3-21(15-27(24)46(68)69)42(64)53-13-14-61-34(63)16-32(45(61)67)81-19-31(48(72)73)57-33(62)12-11-30(47(70)71)58-43(65)20-1-4-22(5-2-20)54-17-23-18-55-41-36(56-23)44(66)60-49(52)59-41/h1-10,15-16,18,30-31,50,54,63,67H,11-14,17,19,51H2,(H,53,64)(H,57,62)(H,58,65)(H,68,69)(H,70,71)(H,72,73)(H,74,75,76)(H,77,78,79)(H3,52,55,59,60,66). The molecular formula is C49H44N12O19S3. The van der Waals surface area contributed by atoms with Crippen molar-refractivity contribution in [2.75, 3.05) is 29.1 Å². The number of carbonyl (C=O) groups excluding carboxylic acids is 3. The first-order valence-electron chi connectivity index (χ1n) is 23.7. The number of aromatic nitrogens is 5. The minimum absolute atomic E-state index is 0.0221. The number of nitrogens with two attached hydrogens (primary N) is 2. The summed E-state index contributed by atoms with van der Waals surface area (Å²) < 4.78 is 76.9. The molecule has 34 heteroatoms. The van der Waals surface area contributed by atoms with Gasteiger partial charge >= 0.3 is 17.9 Å².